The van der Waals surface area contributed by atoms with Crippen LogP contribution in [0.3, 0.4) is 0 Å². The van der Waals surface area contributed by atoms with E-state index in [0.717, 1.165) is 37.2 Å². The molecule has 1 saturated carbocycles. The molecule has 0 amide bonds. The summed E-state index contributed by atoms with van der Waals surface area (Å²) in [6.45, 7) is 13.9. The van der Waals surface area contributed by atoms with Gasteiger partial charge in [0.15, 0.2) is 0 Å². The second-order valence-electron chi connectivity index (χ2n) is 8.76. The van der Waals surface area contributed by atoms with E-state index in [0.29, 0.717) is 11.8 Å². The van der Waals surface area contributed by atoms with Crippen LogP contribution in [0.5, 0.6) is 5.75 Å². The molecule has 0 radical (unpaired) electrons. The van der Waals surface area contributed by atoms with Crippen molar-refractivity contribution in [3.05, 3.63) is 28.8 Å². The van der Waals surface area contributed by atoms with Gasteiger partial charge in [-0.05, 0) is 49.4 Å². The van der Waals surface area contributed by atoms with Crippen molar-refractivity contribution < 1.29 is 5.11 Å². The third kappa shape index (κ3) is 5.84. The molecule has 1 aromatic rings. The van der Waals surface area contributed by atoms with Crippen LogP contribution >= 0.6 is 0 Å². The van der Waals surface area contributed by atoms with Crippen molar-refractivity contribution in [3.63, 3.8) is 0 Å². The summed E-state index contributed by atoms with van der Waals surface area (Å²) >= 11 is 0. The van der Waals surface area contributed by atoms with Crippen molar-refractivity contribution >= 4 is 6.21 Å². The normalized spacial score (nSPS) is 16.7. The Morgan fingerprint density at radius 3 is 2.42 bits per heavy atom. The molecule has 1 N–H and O–H groups in total. The molecule has 26 heavy (non-hydrogen) atoms. The molecule has 2 rings (SSSR count). The van der Waals surface area contributed by atoms with Gasteiger partial charge in [-0.3, -0.25) is 9.89 Å². The Kier molecular flexibility index (Phi) is 7.69. The van der Waals surface area contributed by atoms with Crippen molar-refractivity contribution in [3.8, 4) is 5.75 Å². The minimum Gasteiger partial charge on any atom is -0.507 e. The first-order valence-corrected chi connectivity index (χ1v) is 10.5. The average molecular weight is 359 g/mol. The molecule has 1 aromatic carbocycles. The lowest BCUT2D eigenvalue weighted by Crippen LogP contribution is -2.24. The fraction of sp³-hybridized carbons (Fsp3) is 0.696. The van der Waals surface area contributed by atoms with Crippen molar-refractivity contribution in [2.75, 3.05) is 13.1 Å². The predicted octanol–water partition coefficient (Wildman–Crippen LogP) is 5.67. The van der Waals surface area contributed by atoms with Crippen LogP contribution in [0.2, 0.25) is 0 Å². The fourth-order valence-corrected chi connectivity index (χ4v) is 3.69. The average Bonchev–Trinajstić information content (AvgIpc) is 2.61. The molecule has 0 unspecified atom stereocenters. The predicted molar refractivity (Wildman–Crippen MR) is 113 cm³/mol. The maximum atomic E-state index is 10.9. The first kappa shape index (κ1) is 21.0. The molecule has 1 aliphatic rings. The summed E-state index contributed by atoms with van der Waals surface area (Å²) in [4.78, 5) is 7.21. The summed E-state index contributed by atoms with van der Waals surface area (Å²) in [6.07, 6.45) is 9.33. The van der Waals surface area contributed by atoms with E-state index >= 15 is 0 Å². The van der Waals surface area contributed by atoms with Gasteiger partial charge in [-0.15, -0.1) is 0 Å². The van der Waals surface area contributed by atoms with Crippen LogP contribution < -0.4 is 0 Å². The molecule has 0 atom stereocenters. The largest absolute Gasteiger partial charge is 0.507 e. The SMILES string of the molecule is CCCN(CC)Cc1cc(C(C)(C)C)cc(/C=N/C2CCCCC2)c1O. The topological polar surface area (TPSA) is 35.8 Å². The Bertz CT molecular complexity index is 595. The van der Waals surface area contributed by atoms with Gasteiger partial charge in [0.05, 0.1) is 0 Å². The lowest BCUT2D eigenvalue weighted by atomic mass is 9.84. The van der Waals surface area contributed by atoms with E-state index < -0.39 is 0 Å². The molecule has 0 bridgehead atoms. The van der Waals surface area contributed by atoms with Gasteiger partial charge in [0.25, 0.3) is 0 Å². The number of hydrogen-bond acceptors (Lipinski definition) is 3. The second kappa shape index (κ2) is 9.55. The summed E-state index contributed by atoms with van der Waals surface area (Å²) in [5.41, 5.74) is 3.23. The highest BCUT2D eigenvalue weighted by Crippen LogP contribution is 2.31. The molecule has 0 saturated heterocycles. The van der Waals surface area contributed by atoms with Crippen LogP contribution in [0.15, 0.2) is 17.1 Å². The van der Waals surface area contributed by atoms with Crippen LogP contribution in [0, 0.1) is 0 Å². The van der Waals surface area contributed by atoms with E-state index in [2.05, 4.69) is 51.7 Å². The maximum Gasteiger partial charge on any atom is 0.128 e. The Hall–Kier alpha value is -1.35. The number of rotatable bonds is 7. The van der Waals surface area contributed by atoms with Gasteiger partial charge in [-0.1, -0.05) is 59.9 Å². The Morgan fingerprint density at radius 1 is 1.15 bits per heavy atom. The van der Waals surface area contributed by atoms with Gasteiger partial charge in [-0.25, -0.2) is 0 Å². The zero-order valence-electron chi connectivity index (χ0n) is 17.5. The summed E-state index contributed by atoms with van der Waals surface area (Å²) < 4.78 is 0. The molecule has 146 valence electrons. The van der Waals surface area contributed by atoms with Gasteiger partial charge in [0, 0.05) is 29.9 Å². The number of aliphatic imine (C=N–C) groups is 1. The first-order valence-electron chi connectivity index (χ1n) is 10.5. The standard InChI is InChI=1S/C23H38N2O/c1-6-13-25(7-2)17-19-15-20(23(3,4)5)14-18(22(19)26)16-24-21-11-9-8-10-12-21/h14-16,21,26H,6-13,17H2,1-5H3/b24-16+. The Balaban J connectivity index is 2.33. The number of hydrogen-bond donors (Lipinski definition) is 1. The fourth-order valence-electron chi connectivity index (χ4n) is 3.69. The number of nitrogens with zero attached hydrogens (tertiary/aromatic N) is 2. The van der Waals surface area contributed by atoms with Gasteiger partial charge < -0.3 is 5.11 Å². The summed E-state index contributed by atoms with van der Waals surface area (Å²) in [7, 11) is 0. The molecule has 0 aliphatic heterocycles. The first-order chi connectivity index (χ1) is 12.3. The van der Waals surface area contributed by atoms with E-state index in [1.165, 1.54) is 37.7 Å². The molecule has 3 nitrogen and oxygen atoms in total. The van der Waals surface area contributed by atoms with Gasteiger partial charge in [0.1, 0.15) is 5.75 Å². The number of phenols is 1. The number of benzene rings is 1. The third-order valence-corrected chi connectivity index (χ3v) is 5.46. The van der Waals surface area contributed by atoms with Crippen molar-refractivity contribution in [2.24, 2.45) is 4.99 Å². The summed E-state index contributed by atoms with van der Waals surface area (Å²) in [6, 6.07) is 4.74. The minimum atomic E-state index is 0.0533. The highest BCUT2D eigenvalue weighted by Gasteiger charge is 2.19. The highest BCUT2D eigenvalue weighted by atomic mass is 16.3. The lowest BCUT2D eigenvalue weighted by molar-refractivity contribution is 0.276. The molecular formula is C23H38N2O. The quantitative estimate of drug-likeness (QED) is 0.637. The van der Waals surface area contributed by atoms with Gasteiger partial charge in [-0.2, -0.15) is 0 Å². The maximum absolute atomic E-state index is 10.9. The molecule has 0 aromatic heterocycles. The van der Waals surface area contributed by atoms with Crippen molar-refractivity contribution in [2.45, 2.75) is 91.1 Å². The van der Waals surface area contributed by atoms with Crippen molar-refractivity contribution in [1.29, 1.82) is 0 Å². The molecule has 0 heterocycles. The Morgan fingerprint density at radius 2 is 1.85 bits per heavy atom. The van der Waals surface area contributed by atoms with E-state index in [9.17, 15) is 5.11 Å². The van der Waals surface area contributed by atoms with Crippen LogP contribution in [0.1, 0.15) is 89.8 Å². The van der Waals surface area contributed by atoms with E-state index in [4.69, 9.17) is 4.99 Å². The molecule has 3 heteroatoms. The molecule has 1 fully saturated rings. The number of aromatic hydroxyl groups is 1. The zero-order chi connectivity index (χ0) is 19.2. The summed E-state index contributed by atoms with van der Waals surface area (Å²) in [5.74, 6) is 0.409. The third-order valence-electron chi connectivity index (χ3n) is 5.46. The van der Waals surface area contributed by atoms with Gasteiger partial charge in [0.2, 0.25) is 0 Å². The molecule has 0 spiro atoms. The Labute approximate surface area is 160 Å². The van der Waals surface area contributed by atoms with Crippen LogP contribution in [0.25, 0.3) is 0 Å². The number of phenolic OH excluding ortho intramolecular Hbond substituents is 1. The highest BCUT2D eigenvalue weighted by molar-refractivity contribution is 5.84. The lowest BCUT2D eigenvalue weighted by Gasteiger charge is -2.25. The van der Waals surface area contributed by atoms with Crippen LogP contribution in [0.4, 0.5) is 0 Å². The smallest absolute Gasteiger partial charge is 0.128 e. The van der Waals surface area contributed by atoms with E-state index in [1.807, 2.05) is 6.21 Å². The second-order valence-corrected chi connectivity index (χ2v) is 8.76. The molecule has 1 aliphatic carbocycles. The van der Waals surface area contributed by atoms with Crippen molar-refractivity contribution in [1.82, 2.24) is 4.90 Å². The van der Waals surface area contributed by atoms with E-state index in [1.54, 1.807) is 0 Å². The summed E-state index contributed by atoms with van der Waals surface area (Å²) in [5, 5.41) is 10.9. The van der Waals surface area contributed by atoms with Crippen LogP contribution in [-0.4, -0.2) is 35.4 Å². The van der Waals surface area contributed by atoms with Crippen LogP contribution in [-0.2, 0) is 12.0 Å². The zero-order valence-corrected chi connectivity index (χ0v) is 17.5. The van der Waals surface area contributed by atoms with Gasteiger partial charge >= 0.3 is 0 Å². The minimum absolute atomic E-state index is 0.0533. The monoisotopic (exact) mass is 358 g/mol. The van der Waals surface area contributed by atoms with E-state index in [-0.39, 0.29) is 5.41 Å². The molecular weight excluding hydrogens is 320 g/mol.